The summed E-state index contributed by atoms with van der Waals surface area (Å²) in [6.45, 7) is 6.29. The third-order valence-corrected chi connectivity index (χ3v) is 4.49. The minimum Gasteiger partial charge on any atom is -0.444 e. The van der Waals surface area contributed by atoms with Gasteiger partial charge in [-0.1, -0.05) is 34.8 Å². The molecule has 4 nitrogen and oxygen atoms in total. The van der Waals surface area contributed by atoms with Gasteiger partial charge in [0.1, 0.15) is 5.60 Å². The van der Waals surface area contributed by atoms with Crippen LogP contribution < -0.4 is 10.6 Å². The number of halogens is 1. The van der Waals surface area contributed by atoms with Crippen molar-refractivity contribution in [2.45, 2.75) is 58.1 Å². The fraction of sp³-hybridized carbons (Fsp3) is 0.611. The van der Waals surface area contributed by atoms with Crippen molar-refractivity contribution >= 4 is 27.7 Å². The van der Waals surface area contributed by atoms with Gasteiger partial charge in [0.2, 0.25) is 0 Å². The smallest absolute Gasteiger partial charge is 0.407 e. The Morgan fingerprint density at radius 3 is 2.74 bits per heavy atom. The molecule has 0 aromatic heterocycles. The van der Waals surface area contributed by atoms with E-state index in [-0.39, 0.29) is 6.09 Å². The molecule has 0 aliphatic heterocycles. The zero-order valence-electron chi connectivity index (χ0n) is 14.2. The molecule has 2 rings (SSSR count). The molecule has 0 saturated heterocycles. The number of benzene rings is 1. The van der Waals surface area contributed by atoms with Crippen LogP contribution in [0.25, 0.3) is 0 Å². The predicted molar refractivity (Wildman–Crippen MR) is 97.7 cm³/mol. The number of alkyl carbamates (subject to hydrolysis) is 1. The van der Waals surface area contributed by atoms with Gasteiger partial charge in [0, 0.05) is 22.7 Å². The molecule has 1 fully saturated rings. The fourth-order valence-electron chi connectivity index (χ4n) is 2.96. The van der Waals surface area contributed by atoms with E-state index in [2.05, 4.69) is 38.7 Å². The summed E-state index contributed by atoms with van der Waals surface area (Å²) in [6.07, 6.45) is 4.38. The first kappa shape index (κ1) is 18.1. The summed E-state index contributed by atoms with van der Waals surface area (Å²) in [5.74, 6) is 0.426. The molecule has 1 aliphatic carbocycles. The van der Waals surface area contributed by atoms with E-state index in [9.17, 15) is 4.79 Å². The van der Waals surface area contributed by atoms with E-state index < -0.39 is 5.60 Å². The van der Waals surface area contributed by atoms with Crippen LogP contribution >= 0.6 is 15.9 Å². The van der Waals surface area contributed by atoms with Crippen LogP contribution in [0, 0.1) is 5.92 Å². The normalized spacial score (nSPS) is 21.6. The molecular weight excluding hydrogens is 356 g/mol. The highest BCUT2D eigenvalue weighted by Crippen LogP contribution is 2.28. The largest absolute Gasteiger partial charge is 0.444 e. The van der Waals surface area contributed by atoms with Gasteiger partial charge in [0.05, 0.1) is 0 Å². The summed E-state index contributed by atoms with van der Waals surface area (Å²) in [5.41, 5.74) is 0.665. The van der Waals surface area contributed by atoms with Crippen molar-refractivity contribution in [2.75, 3.05) is 11.9 Å². The number of rotatable bonds is 4. The lowest BCUT2D eigenvalue weighted by Gasteiger charge is -2.33. The van der Waals surface area contributed by atoms with E-state index in [0.717, 1.165) is 23.0 Å². The standard InChI is InChI=1S/C18H27BrN2O2/c1-18(2,3)23-17(22)20-12-13-7-4-5-10-16(13)21-15-9-6-8-14(19)11-15/h6,8-9,11,13,16,21H,4-5,7,10,12H2,1-3H3,(H,20,22). The molecule has 1 aromatic carbocycles. The first-order valence-electron chi connectivity index (χ1n) is 8.32. The lowest BCUT2D eigenvalue weighted by molar-refractivity contribution is 0.0514. The van der Waals surface area contributed by atoms with E-state index in [0.29, 0.717) is 18.5 Å². The Kier molecular flexibility index (Phi) is 6.33. The Morgan fingerprint density at radius 2 is 2.04 bits per heavy atom. The second-order valence-electron chi connectivity index (χ2n) is 7.19. The summed E-state index contributed by atoms with van der Waals surface area (Å²) < 4.78 is 6.39. The maximum Gasteiger partial charge on any atom is 0.407 e. The second-order valence-corrected chi connectivity index (χ2v) is 8.10. The Bertz CT molecular complexity index is 528. The summed E-state index contributed by atoms with van der Waals surface area (Å²) in [4.78, 5) is 11.9. The lowest BCUT2D eigenvalue weighted by atomic mass is 9.84. The van der Waals surface area contributed by atoms with Crippen LogP contribution in [0.5, 0.6) is 0 Å². The monoisotopic (exact) mass is 382 g/mol. The van der Waals surface area contributed by atoms with Crippen molar-refractivity contribution in [3.05, 3.63) is 28.7 Å². The zero-order valence-corrected chi connectivity index (χ0v) is 15.8. The van der Waals surface area contributed by atoms with Crippen molar-refractivity contribution in [3.8, 4) is 0 Å². The maximum absolute atomic E-state index is 11.9. The highest BCUT2D eigenvalue weighted by atomic mass is 79.9. The molecule has 0 spiro atoms. The number of carbonyl (C=O) groups is 1. The van der Waals surface area contributed by atoms with Crippen LogP contribution in [-0.2, 0) is 4.74 Å². The number of ether oxygens (including phenoxy) is 1. The van der Waals surface area contributed by atoms with E-state index in [4.69, 9.17) is 4.74 Å². The van der Waals surface area contributed by atoms with Gasteiger partial charge < -0.3 is 15.4 Å². The molecule has 0 radical (unpaired) electrons. The van der Waals surface area contributed by atoms with E-state index in [1.807, 2.05) is 32.9 Å². The zero-order chi connectivity index (χ0) is 16.9. The predicted octanol–water partition coefficient (Wildman–Crippen LogP) is 4.94. The van der Waals surface area contributed by atoms with Crippen LogP contribution in [0.1, 0.15) is 46.5 Å². The molecule has 128 valence electrons. The Morgan fingerprint density at radius 1 is 1.30 bits per heavy atom. The number of anilines is 1. The van der Waals surface area contributed by atoms with Gasteiger partial charge in [-0.25, -0.2) is 4.79 Å². The highest BCUT2D eigenvalue weighted by Gasteiger charge is 2.26. The number of amides is 1. The van der Waals surface area contributed by atoms with Crippen LogP contribution in [0.15, 0.2) is 28.7 Å². The molecule has 1 aromatic rings. The summed E-state index contributed by atoms with van der Waals surface area (Å²) in [7, 11) is 0. The number of carbonyl (C=O) groups excluding carboxylic acids is 1. The molecule has 23 heavy (non-hydrogen) atoms. The van der Waals surface area contributed by atoms with Crippen LogP contribution in [0.4, 0.5) is 10.5 Å². The van der Waals surface area contributed by atoms with Crippen molar-refractivity contribution < 1.29 is 9.53 Å². The molecular formula is C18H27BrN2O2. The Hall–Kier alpha value is -1.23. The van der Waals surface area contributed by atoms with Crippen molar-refractivity contribution in [1.29, 1.82) is 0 Å². The number of hydrogen-bond donors (Lipinski definition) is 2. The molecule has 0 heterocycles. The fourth-order valence-corrected chi connectivity index (χ4v) is 3.36. The van der Waals surface area contributed by atoms with E-state index >= 15 is 0 Å². The molecule has 0 bridgehead atoms. The van der Waals surface area contributed by atoms with E-state index in [1.165, 1.54) is 12.8 Å². The van der Waals surface area contributed by atoms with E-state index in [1.54, 1.807) is 0 Å². The average Bonchev–Trinajstić information content (AvgIpc) is 2.44. The van der Waals surface area contributed by atoms with Gasteiger partial charge in [-0.15, -0.1) is 0 Å². The van der Waals surface area contributed by atoms with Crippen LogP contribution in [0.3, 0.4) is 0 Å². The summed E-state index contributed by atoms with van der Waals surface area (Å²) in [6, 6.07) is 8.61. The second kappa shape index (κ2) is 8.04. The van der Waals surface area contributed by atoms with Crippen LogP contribution in [-0.4, -0.2) is 24.3 Å². The van der Waals surface area contributed by atoms with Gasteiger partial charge >= 0.3 is 6.09 Å². The molecule has 1 saturated carbocycles. The first-order valence-corrected chi connectivity index (χ1v) is 9.12. The van der Waals surface area contributed by atoms with Crippen LogP contribution in [0.2, 0.25) is 0 Å². The Labute approximate surface area is 147 Å². The highest BCUT2D eigenvalue weighted by molar-refractivity contribution is 9.10. The van der Waals surface area contributed by atoms with Crippen molar-refractivity contribution in [2.24, 2.45) is 5.92 Å². The molecule has 5 heteroatoms. The summed E-state index contributed by atoms with van der Waals surface area (Å²) >= 11 is 3.51. The quantitative estimate of drug-likeness (QED) is 0.774. The maximum atomic E-state index is 11.9. The molecule has 2 unspecified atom stereocenters. The SMILES string of the molecule is CC(C)(C)OC(=O)NCC1CCCCC1Nc1cccc(Br)c1. The molecule has 1 amide bonds. The Balaban J connectivity index is 1.89. The third kappa shape index (κ3) is 6.42. The van der Waals surface area contributed by atoms with Gasteiger partial charge in [-0.3, -0.25) is 0 Å². The van der Waals surface area contributed by atoms with Crippen molar-refractivity contribution in [3.63, 3.8) is 0 Å². The molecule has 1 aliphatic rings. The van der Waals surface area contributed by atoms with Gasteiger partial charge in [0.15, 0.2) is 0 Å². The minimum atomic E-state index is -0.454. The van der Waals surface area contributed by atoms with Gasteiger partial charge in [-0.05, 0) is 57.7 Å². The van der Waals surface area contributed by atoms with Gasteiger partial charge in [0.25, 0.3) is 0 Å². The minimum absolute atomic E-state index is 0.329. The van der Waals surface area contributed by atoms with Crippen molar-refractivity contribution in [1.82, 2.24) is 5.32 Å². The summed E-state index contributed by atoms with van der Waals surface area (Å²) in [5, 5.41) is 6.55. The number of nitrogens with one attached hydrogen (secondary N) is 2. The lowest BCUT2D eigenvalue weighted by Crippen LogP contribution is -2.42. The molecule has 2 N–H and O–H groups in total. The number of hydrogen-bond acceptors (Lipinski definition) is 3. The third-order valence-electron chi connectivity index (χ3n) is 3.99. The molecule has 2 atom stereocenters. The topological polar surface area (TPSA) is 50.4 Å². The first-order chi connectivity index (χ1) is 10.8. The average molecular weight is 383 g/mol. The van der Waals surface area contributed by atoms with Gasteiger partial charge in [-0.2, -0.15) is 0 Å².